The van der Waals surface area contributed by atoms with Crippen molar-refractivity contribution < 1.29 is 42.9 Å². The predicted octanol–water partition coefficient (Wildman–Crippen LogP) is 3.85. The maximum Gasteiger partial charge on any atom is 0.410 e. The van der Waals surface area contributed by atoms with E-state index < -0.39 is 59.6 Å². The molecule has 1 aliphatic carbocycles. The highest BCUT2D eigenvalue weighted by Gasteiger charge is 2.44. The minimum atomic E-state index is -1.05. The minimum absolute atomic E-state index is 0.00279. The third kappa shape index (κ3) is 9.18. The molecule has 2 aliphatic heterocycles. The average molecular weight is 631 g/mol. The number of halogens is 1. The summed E-state index contributed by atoms with van der Waals surface area (Å²) in [5.74, 6) is -2.66. The first-order valence-corrected chi connectivity index (χ1v) is 15.4. The van der Waals surface area contributed by atoms with Crippen molar-refractivity contribution in [3.63, 3.8) is 0 Å². The summed E-state index contributed by atoms with van der Waals surface area (Å²) in [5, 5.41) is 11.7. The van der Waals surface area contributed by atoms with Crippen molar-refractivity contribution in [1.29, 1.82) is 0 Å². The van der Waals surface area contributed by atoms with Crippen LogP contribution in [0.5, 0.6) is 0 Å². The van der Waals surface area contributed by atoms with Gasteiger partial charge in [-0.15, -0.1) is 0 Å². The van der Waals surface area contributed by atoms with E-state index in [1.807, 2.05) is 12.2 Å². The number of hydrogen-bond acceptors (Lipinski definition) is 7. The van der Waals surface area contributed by atoms with E-state index >= 15 is 0 Å². The summed E-state index contributed by atoms with van der Waals surface area (Å²) >= 11 is 0. The van der Waals surface area contributed by atoms with Gasteiger partial charge in [0.25, 0.3) is 0 Å². The Morgan fingerprint density at radius 3 is 2.53 bits per heavy atom. The molecule has 45 heavy (non-hydrogen) atoms. The Labute approximate surface area is 262 Å². The zero-order chi connectivity index (χ0) is 32.9. The highest BCUT2D eigenvalue weighted by Crippen LogP contribution is 2.39. The number of carbonyl (C=O) groups excluding carboxylic acids is 4. The summed E-state index contributed by atoms with van der Waals surface area (Å²) in [6.07, 6.45) is 5.47. The lowest BCUT2D eigenvalue weighted by molar-refractivity contribution is -0.139. The first-order chi connectivity index (χ1) is 21.2. The Balaban J connectivity index is 1.34. The SMILES string of the molecule is CC(C)(C)OC(=O)N[C@@H](CCCCC/C=C\[C@@H]1C[C@@H]1C(=O)O)C(=O)N1C[C@H](OC(=O)N2Cc3cccc(F)c3C2)C[C@H]1C(N)=O. The molecule has 246 valence electrons. The first-order valence-electron chi connectivity index (χ1n) is 15.4. The van der Waals surface area contributed by atoms with Gasteiger partial charge < -0.3 is 30.5 Å². The molecule has 1 aromatic carbocycles. The van der Waals surface area contributed by atoms with Crippen LogP contribution in [0.1, 0.15) is 76.8 Å². The van der Waals surface area contributed by atoms with E-state index in [0.717, 1.165) is 19.3 Å². The fourth-order valence-corrected chi connectivity index (χ4v) is 5.80. The van der Waals surface area contributed by atoms with Crippen molar-refractivity contribution in [1.82, 2.24) is 15.1 Å². The first kappa shape index (κ1) is 33.7. The summed E-state index contributed by atoms with van der Waals surface area (Å²) in [5.41, 5.74) is 5.96. The molecule has 12 nitrogen and oxygen atoms in total. The number of likely N-dealkylation sites (tertiary alicyclic amines) is 1. The third-order valence-electron chi connectivity index (χ3n) is 8.22. The summed E-state index contributed by atoms with van der Waals surface area (Å²) in [7, 11) is 0. The number of aliphatic carboxylic acids is 1. The predicted molar refractivity (Wildman–Crippen MR) is 160 cm³/mol. The van der Waals surface area contributed by atoms with E-state index in [0.29, 0.717) is 24.0 Å². The second-order valence-electron chi connectivity index (χ2n) is 13.0. The molecule has 0 unspecified atom stereocenters. The number of carboxylic acids is 1. The van der Waals surface area contributed by atoms with Gasteiger partial charge in [0.1, 0.15) is 29.6 Å². The number of nitrogens with zero attached hydrogens (tertiary/aromatic N) is 2. The Morgan fingerprint density at radius 1 is 1.13 bits per heavy atom. The molecule has 3 aliphatic rings. The lowest BCUT2D eigenvalue weighted by atomic mass is 10.0. The number of amides is 4. The van der Waals surface area contributed by atoms with E-state index in [1.54, 1.807) is 32.9 Å². The van der Waals surface area contributed by atoms with Crippen molar-refractivity contribution >= 4 is 30.0 Å². The fourth-order valence-electron chi connectivity index (χ4n) is 5.80. The van der Waals surface area contributed by atoms with Crippen LogP contribution in [0.4, 0.5) is 14.0 Å². The fraction of sp³-hybridized carbons (Fsp3) is 0.594. The Hall–Kier alpha value is -4.16. The van der Waals surface area contributed by atoms with Crippen molar-refractivity contribution in [2.45, 2.75) is 103 Å². The number of fused-ring (bicyclic) bond motifs is 1. The molecular formula is C32H43FN4O8. The van der Waals surface area contributed by atoms with Gasteiger partial charge in [0.15, 0.2) is 0 Å². The van der Waals surface area contributed by atoms with E-state index in [-0.39, 0.29) is 44.3 Å². The number of allylic oxidation sites excluding steroid dienone is 2. The molecule has 0 aromatic heterocycles. The highest BCUT2D eigenvalue weighted by molar-refractivity contribution is 5.91. The number of carbonyl (C=O) groups is 5. The van der Waals surface area contributed by atoms with Gasteiger partial charge in [-0.3, -0.25) is 19.3 Å². The van der Waals surface area contributed by atoms with Crippen LogP contribution in [0.2, 0.25) is 0 Å². The number of nitrogens with one attached hydrogen (secondary N) is 1. The standard InChI is InChI=1S/C32H43FN4O8/c1-32(2,3)45-30(42)35-25(13-8-6-4-5-7-10-19-14-22(19)29(40)41)28(39)37-17-21(15-26(37)27(34)38)44-31(43)36-16-20-11-9-12-24(33)23(20)18-36/h7,9-12,19,21-22,25-26H,4-6,8,13-18H2,1-3H3,(H2,34,38)(H,35,42)(H,40,41)/b10-7-/t19-,21-,22+,25+,26+/m1/s1. The van der Waals surface area contributed by atoms with Gasteiger partial charge in [0, 0.05) is 18.5 Å². The van der Waals surface area contributed by atoms with E-state index in [2.05, 4.69) is 5.32 Å². The lowest BCUT2D eigenvalue weighted by Crippen LogP contribution is -2.53. The molecule has 0 spiro atoms. The second kappa shape index (κ2) is 14.3. The molecule has 4 rings (SSSR count). The number of carboxylic acid groups (broad SMARTS) is 1. The van der Waals surface area contributed by atoms with Gasteiger partial charge in [-0.05, 0) is 64.0 Å². The largest absolute Gasteiger partial charge is 0.481 e. The third-order valence-corrected chi connectivity index (χ3v) is 8.22. The summed E-state index contributed by atoms with van der Waals surface area (Å²) in [6.45, 7) is 5.24. The zero-order valence-corrected chi connectivity index (χ0v) is 26.0. The van der Waals surface area contributed by atoms with Crippen molar-refractivity contribution in [3.05, 3.63) is 47.3 Å². The Bertz CT molecular complexity index is 1330. The molecule has 13 heteroatoms. The van der Waals surface area contributed by atoms with Crippen LogP contribution in [-0.2, 0) is 36.9 Å². The molecule has 1 saturated heterocycles. The number of hydrogen-bond donors (Lipinski definition) is 3. The number of primary amides is 1. The lowest BCUT2D eigenvalue weighted by Gasteiger charge is -2.28. The number of nitrogens with two attached hydrogens (primary N) is 1. The zero-order valence-electron chi connectivity index (χ0n) is 26.0. The maximum absolute atomic E-state index is 14.2. The van der Waals surface area contributed by atoms with Gasteiger partial charge in [0.05, 0.1) is 19.0 Å². The van der Waals surface area contributed by atoms with Gasteiger partial charge in [-0.1, -0.05) is 37.1 Å². The van der Waals surface area contributed by atoms with Crippen LogP contribution in [0, 0.1) is 17.7 Å². The molecule has 4 N–H and O–H groups in total. The van der Waals surface area contributed by atoms with E-state index in [1.165, 1.54) is 15.9 Å². The number of benzene rings is 1. The van der Waals surface area contributed by atoms with Gasteiger partial charge >= 0.3 is 18.2 Å². The summed E-state index contributed by atoms with van der Waals surface area (Å²) < 4.78 is 25.2. The highest BCUT2D eigenvalue weighted by atomic mass is 19.1. The van der Waals surface area contributed by atoms with Crippen LogP contribution < -0.4 is 11.1 Å². The Morgan fingerprint density at radius 2 is 1.89 bits per heavy atom. The normalized spacial score (nSPS) is 23.0. The van der Waals surface area contributed by atoms with E-state index in [4.69, 9.17) is 20.3 Å². The smallest absolute Gasteiger partial charge is 0.410 e. The average Bonchev–Trinajstić information content (AvgIpc) is 3.38. The summed E-state index contributed by atoms with van der Waals surface area (Å²) in [6, 6.07) is 2.59. The number of alkyl carbamates (subject to hydrolysis) is 1. The van der Waals surface area contributed by atoms with Crippen LogP contribution in [0.3, 0.4) is 0 Å². The topological polar surface area (TPSA) is 169 Å². The van der Waals surface area contributed by atoms with Crippen molar-refractivity contribution in [2.75, 3.05) is 6.54 Å². The molecule has 1 aromatic rings. The number of rotatable bonds is 12. The molecule has 0 radical (unpaired) electrons. The van der Waals surface area contributed by atoms with Crippen molar-refractivity contribution in [2.24, 2.45) is 17.6 Å². The molecule has 2 fully saturated rings. The van der Waals surface area contributed by atoms with Gasteiger partial charge in [-0.25, -0.2) is 14.0 Å². The maximum atomic E-state index is 14.2. The molecule has 0 bridgehead atoms. The van der Waals surface area contributed by atoms with Crippen LogP contribution in [-0.4, -0.2) is 75.2 Å². The second-order valence-corrected chi connectivity index (χ2v) is 13.0. The molecule has 2 heterocycles. The molecule has 1 saturated carbocycles. The van der Waals surface area contributed by atoms with Gasteiger partial charge in [0.2, 0.25) is 11.8 Å². The molecular weight excluding hydrogens is 587 g/mol. The van der Waals surface area contributed by atoms with Crippen LogP contribution in [0.25, 0.3) is 0 Å². The number of ether oxygens (including phenoxy) is 2. The summed E-state index contributed by atoms with van der Waals surface area (Å²) in [4.78, 5) is 65.3. The molecule has 4 amide bonds. The van der Waals surface area contributed by atoms with Crippen LogP contribution >= 0.6 is 0 Å². The monoisotopic (exact) mass is 630 g/mol. The van der Waals surface area contributed by atoms with E-state index in [9.17, 15) is 28.4 Å². The van der Waals surface area contributed by atoms with Crippen LogP contribution in [0.15, 0.2) is 30.4 Å². The van der Waals surface area contributed by atoms with Gasteiger partial charge in [-0.2, -0.15) is 0 Å². The molecule has 5 atom stereocenters. The minimum Gasteiger partial charge on any atom is -0.481 e. The quantitative estimate of drug-likeness (QED) is 0.231. The number of unbranched alkanes of at least 4 members (excludes halogenated alkanes) is 3. The Kier molecular flexibility index (Phi) is 10.7. The van der Waals surface area contributed by atoms with Crippen molar-refractivity contribution in [3.8, 4) is 0 Å².